The van der Waals surface area contributed by atoms with Crippen molar-refractivity contribution in [2.24, 2.45) is 0 Å². The van der Waals surface area contributed by atoms with Crippen molar-refractivity contribution >= 4 is 21.7 Å². The Hall–Kier alpha value is -2.72. The van der Waals surface area contributed by atoms with E-state index in [0.29, 0.717) is 6.07 Å². The summed E-state index contributed by atoms with van der Waals surface area (Å²) in [5, 5.41) is 18.4. The number of aliphatic hydroxyl groups is 1. The van der Waals surface area contributed by atoms with E-state index in [1.54, 1.807) is 0 Å². The van der Waals surface area contributed by atoms with Crippen LogP contribution in [0.5, 0.6) is 11.5 Å². The molecule has 1 atom stereocenters. The van der Waals surface area contributed by atoms with Gasteiger partial charge in [0.25, 0.3) is 0 Å². The van der Waals surface area contributed by atoms with Gasteiger partial charge in [0.1, 0.15) is 5.82 Å². The van der Waals surface area contributed by atoms with Crippen LogP contribution in [0.15, 0.2) is 36.4 Å². The van der Waals surface area contributed by atoms with Crippen molar-refractivity contribution in [3.63, 3.8) is 0 Å². The van der Waals surface area contributed by atoms with Gasteiger partial charge in [0.15, 0.2) is 23.4 Å². The van der Waals surface area contributed by atoms with E-state index >= 15 is 0 Å². The number of hydrogen-bond acceptors (Lipinski definition) is 5. The van der Waals surface area contributed by atoms with E-state index in [-0.39, 0.29) is 17.0 Å². The first-order valence-electron chi connectivity index (χ1n) is 6.72. The summed E-state index contributed by atoms with van der Waals surface area (Å²) in [6.07, 6.45) is -1.03. The van der Waals surface area contributed by atoms with Gasteiger partial charge in [0, 0.05) is 6.07 Å². The van der Waals surface area contributed by atoms with Gasteiger partial charge in [-0.1, -0.05) is 6.07 Å². The fourth-order valence-corrected chi connectivity index (χ4v) is 2.46. The Bertz CT molecular complexity index is 916. The maximum absolute atomic E-state index is 13.7. The summed E-state index contributed by atoms with van der Waals surface area (Å²) in [6, 6.07) is 5.83. The minimum Gasteiger partial charge on any atom is -0.479 e. The molecule has 0 radical (unpaired) electrons. The highest BCUT2D eigenvalue weighted by Crippen LogP contribution is 2.34. The Balaban J connectivity index is 2.49. The second-order valence-electron chi connectivity index (χ2n) is 5.05. The number of rotatable bonds is 6. The van der Waals surface area contributed by atoms with Crippen LogP contribution >= 0.6 is 0 Å². The molecule has 2 rings (SSSR count). The molecule has 2 aromatic carbocycles. The van der Waals surface area contributed by atoms with Crippen molar-refractivity contribution in [2.45, 2.75) is 6.10 Å². The summed E-state index contributed by atoms with van der Waals surface area (Å²) in [5.74, 6) is -4.11. The lowest BCUT2D eigenvalue weighted by Crippen LogP contribution is -2.13. The average molecular weight is 373 g/mol. The van der Waals surface area contributed by atoms with Gasteiger partial charge in [0.2, 0.25) is 10.0 Å². The van der Waals surface area contributed by atoms with Crippen LogP contribution in [0.3, 0.4) is 0 Å². The standard InChI is InChI=1S/C15H13F2NO6S/c1-25(22,23)18-11-4-2-8(14(19)15(20)21)6-13(11)24-12-5-3-9(16)7-10(12)17/h2-7,14,18-19H,1H3,(H,20,21)/t14-/m1/s1. The van der Waals surface area contributed by atoms with Gasteiger partial charge in [-0.3, -0.25) is 4.72 Å². The number of aliphatic carboxylic acids is 1. The van der Waals surface area contributed by atoms with Gasteiger partial charge in [-0.15, -0.1) is 0 Å². The summed E-state index contributed by atoms with van der Waals surface area (Å²) < 4.78 is 56.9. The molecule has 0 aliphatic rings. The molecular formula is C15H13F2NO6S. The van der Waals surface area contributed by atoms with Crippen molar-refractivity contribution in [3.05, 3.63) is 53.6 Å². The molecule has 0 bridgehead atoms. The minimum absolute atomic E-state index is 0.118. The zero-order valence-corrected chi connectivity index (χ0v) is 13.5. The van der Waals surface area contributed by atoms with E-state index in [1.807, 2.05) is 0 Å². The molecule has 0 aromatic heterocycles. The second kappa shape index (κ2) is 7.03. The van der Waals surface area contributed by atoms with Gasteiger partial charge >= 0.3 is 5.97 Å². The Morgan fingerprint density at radius 3 is 2.40 bits per heavy atom. The first-order chi connectivity index (χ1) is 11.6. The van der Waals surface area contributed by atoms with Gasteiger partial charge in [0.05, 0.1) is 11.9 Å². The molecule has 10 heteroatoms. The smallest absolute Gasteiger partial charge is 0.337 e. The van der Waals surface area contributed by atoms with Crippen molar-refractivity contribution in [1.29, 1.82) is 0 Å². The highest BCUT2D eigenvalue weighted by molar-refractivity contribution is 7.92. The molecule has 0 amide bonds. The van der Waals surface area contributed by atoms with Crippen LogP contribution < -0.4 is 9.46 Å². The lowest BCUT2D eigenvalue weighted by Gasteiger charge is -2.15. The molecule has 0 heterocycles. The maximum atomic E-state index is 13.7. The number of anilines is 1. The average Bonchev–Trinajstić information content (AvgIpc) is 2.49. The molecule has 0 unspecified atom stereocenters. The lowest BCUT2D eigenvalue weighted by molar-refractivity contribution is -0.146. The number of halogens is 2. The molecule has 0 spiro atoms. The second-order valence-corrected chi connectivity index (χ2v) is 6.80. The molecule has 0 saturated heterocycles. The van der Waals surface area contributed by atoms with E-state index in [0.717, 1.165) is 30.5 Å². The predicted octanol–water partition coefficient (Wildman–Crippen LogP) is 2.25. The molecule has 3 N–H and O–H groups in total. The molecule has 0 aliphatic heterocycles. The van der Waals surface area contributed by atoms with Gasteiger partial charge < -0.3 is 14.9 Å². The first kappa shape index (κ1) is 18.6. The van der Waals surface area contributed by atoms with Gasteiger partial charge in [-0.05, 0) is 29.8 Å². The van der Waals surface area contributed by atoms with Crippen LogP contribution in [0.4, 0.5) is 14.5 Å². The van der Waals surface area contributed by atoms with E-state index in [2.05, 4.69) is 4.72 Å². The fraction of sp³-hybridized carbons (Fsp3) is 0.133. The van der Waals surface area contributed by atoms with E-state index < -0.39 is 39.5 Å². The summed E-state index contributed by atoms with van der Waals surface area (Å²) in [5.41, 5.74) is -0.239. The number of benzene rings is 2. The van der Waals surface area contributed by atoms with Crippen LogP contribution in [0.25, 0.3) is 0 Å². The molecule has 25 heavy (non-hydrogen) atoms. The number of carbonyl (C=O) groups is 1. The summed E-state index contributed by atoms with van der Waals surface area (Å²) >= 11 is 0. The number of aliphatic hydroxyl groups excluding tert-OH is 1. The number of sulfonamides is 1. The van der Waals surface area contributed by atoms with Crippen LogP contribution in [0.2, 0.25) is 0 Å². The molecule has 7 nitrogen and oxygen atoms in total. The quantitative estimate of drug-likeness (QED) is 0.716. The van der Waals surface area contributed by atoms with Crippen molar-refractivity contribution in [1.82, 2.24) is 0 Å². The third-order valence-corrected chi connectivity index (χ3v) is 3.56. The van der Waals surface area contributed by atoms with Crippen molar-refractivity contribution < 1.29 is 36.9 Å². The molecular weight excluding hydrogens is 360 g/mol. The predicted molar refractivity (Wildman–Crippen MR) is 83.9 cm³/mol. The fourth-order valence-electron chi connectivity index (χ4n) is 1.90. The van der Waals surface area contributed by atoms with Crippen LogP contribution in [0.1, 0.15) is 11.7 Å². The third kappa shape index (κ3) is 4.88. The number of carboxylic acid groups (broad SMARTS) is 1. The van der Waals surface area contributed by atoms with Crippen LogP contribution in [0, 0.1) is 11.6 Å². The van der Waals surface area contributed by atoms with Crippen molar-refractivity contribution in [2.75, 3.05) is 11.0 Å². The zero-order chi connectivity index (χ0) is 18.8. The Morgan fingerprint density at radius 2 is 1.84 bits per heavy atom. The lowest BCUT2D eigenvalue weighted by atomic mass is 10.1. The zero-order valence-electron chi connectivity index (χ0n) is 12.7. The Labute approximate surface area is 141 Å². The maximum Gasteiger partial charge on any atom is 0.337 e. The van der Waals surface area contributed by atoms with E-state index in [4.69, 9.17) is 9.84 Å². The first-order valence-corrected chi connectivity index (χ1v) is 8.61. The third-order valence-electron chi connectivity index (χ3n) is 2.96. The number of hydrogen-bond donors (Lipinski definition) is 3. The summed E-state index contributed by atoms with van der Waals surface area (Å²) in [7, 11) is -3.72. The van der Waals surface area contributed by atoms with Crippen LogP contribution in [-0.4, -0.2) is 30.9 Å². The number of nitrogens with one attached hydrogen (secondary N) is 1. The van der Waals surface area contributed by atoms with E-state index in [1.165, 1.54) is 6.07 Å². The molecule has 0 saturated carbocycles. The highest BCUT2D eigenvalue weighted by Gasteiger charge is 2.20. The number of ether oxygens (including phenoxy) is 1. The van der Waals surface area contributed by atoms with E-state index in [9.17, 15) is 27.1 Å². The van der Waals surface area contributed by atoms with Gasteiger partial charge in [-0.2, -0.15) is 0 Å². The molecule has 2 aromatic rings. The van der Waals surface area contributed by atoms with Crippen LogP contribution in [-0.2, 0) is 14.8 Å². The Kier molecular flexibility index (Phi) is 5.24. The van der Waals surface area contributed by atoms with Crippen molar-refractivity contribution in [3.8, 4) is 11.5 Å². The Morgan fingerprint density at radius 1 is 1.16 bits per heavy atom. The van der Waals surface area contributed by atoms with Gasteiger partial charge in [-0.25, -0.2) is 22.0 Å². The largest absolute Gasteiger partial charge is 0.479 e. The molecule has 0 aliphatic carbocycles. The highest BCUT2D eigenvalue weighted by atomic mass is 32.2. The molecule has 0 fully saturated rings. The molecule has 134 valence electrons. The number of carboxylic acids is 1. The SMILES string of the molecule is CS(=O)(=O)Nc1ccc([C@@H](O)C(=O)O)cc1Oc1ccc(F)cc1F. The summed E-state index contributed by atoms with van der Waals surface area (Å²) in [6.45, 7) is 0. The minimum atomic E-state index is -3.72. The summed E-state index contributed by atoms with van der Waals surface area (Å²) in [4.78, 5) is 10.9. The topological polar surface area (TPSA) is 113 Å². The monoisotopic (exact) mass is 373 g/mol. The normalized spacial score (nSPS) is 12.5.